The van der Waals surface area contributed by atoms with E-state index in [4.69, 9.17) is 0 Å². The summed E-state index contributed by atoms with van der Waals surface area (Å²) in [6, 6.07) is 56.9. The third kappa shape index (κ3) is 4.86. The fraction of sp³-hybridized carbons (Fsp3) is 0.154. The first-order valence-corrected chi connectivity index (χ1v) is 23.1. The summed E-state index contributed by atoms with van der Waals surface area (Å²) in [5.74, 6) is 0. The van der Waals surface area contributed by atoms with Crippen LogP contribution in [0.25, 0.3) is 22.3 Å². The van der Waals surface area contributed by atoms with Gasteiger partial charge in [0.25, 0.3) is 0 Å². The first kappa shape index (κ1) is 33.0. The second-order valence-corrected chi connectivity index (χ2v) is 23.1. The van der Waals surface area contributed by atoms with Crippen molar-refractivity contribution in [1.82, 2.24) is 0 Å². The van der Waals surface area contributed by atoms with Gasteiger partial charge in [0.05, 0.1) is 5.41 Å². The van der Waals surface area contributed by atoms with Crippen molar-refractivity contribution in [2.75, 3.05) is 23.7 Å². The maximum Gasteiger partial charge on any atom is 0.0706 e. The third-order valence-electron chi connectivity index (χ3n) is 12.6. The Labute approximate surface area is 321 Å². The number of rotatable bonds is 6. The fourth-order valence-corrected chi connectivity index (χ4v) is 13.6. The number of hydrogen-bond acceptors (Lipinski definition) is 1. The zero-order valence-electron chi connectivity index (χ0n) is 31.5. The van der Waals surface area contributed by atoms with Gasteiger partial charge in [-0.25, -0.2) is 9.16 Å². The van der Waals surface area contributed by atoms with Gasteiger partial charge in [-0.05, 0) is 146 Å². The molecule has 0 radical (unpaired) electrons. The van der Waals surface area contributed by atoms with Gasteiger partial charge in [-0.2, -0.15) is 0 Å². The first-order chi connectivity index (χ1) is 26.3. The van der Waals surface area contributed by atoms with E-state index in [2.05, 4.69) is 200 Å². The minimum Gasteiger partial charge on any atom is -0.310 e. The summed E-state index contributed by atoms with van der Waals surface area (Å²) in [5, 5.41) is 0. The van der Waals surface area contributed by atoms with Crippen LogP contribution in [0.15, 0.2) is 208 Å². The van der Waals surface area contributed by atoms with Gasteiger partial charge in [0.2, 0.25) is 0 Å². The molecule has 1 nitrogen and oxygen atoms in total. The Morgan fingerprint density at radius 2 is 0.963 bits per heavy atom. The Kier molecular flexibility index (Phi) is 7.48. The molecule has 10 rings (SSSR count). The summed E-state index contributed by atoms with van der Waals surface area (Å²) in [7, 11) is -2.37. The van der Waals surface area contributed by atoms with Crippen LogP contribution >= 0.6 is 9.16 Å². The first-order valence-electron chi connectivity index (χ1n) is 19.5. The molecule has 0 unspecified atom stereocenters. The molecule has 3 aliphatic carbocycles. The maximum atomic E-state index is 2.52. The van der Waals surface area contributed by atoms with Gasteiger partial charge < -0.3 is 4.90 Å². The molecule has 0 spiro atoms. The number of thiol groups is 1. The Bertz CT molecular complexity index is 2520. The largest absolute Gasteiger partial charge is 0.310 e. The van der Waals surface area contributed by atoms with Crippen LogP contribution in [0.5, 0.6) is 0 Å². The van der Waals surface area contributed by atoms with Crippen molar-refractivity contribution in [2.45, 2.75) is 40.9 Å². The maximum absolute atomic E-state index is 2.52. The van der Waals surface area contributed by atoms with Crippen LogP contribution < -0.4 is 4.90 Å². The van der Waals surface area contributed by atoms with Crippen molar-refractivity contribution in [3.63, 3.8) is 0 Å². The van der Waals surface area contributed by atoms with Crippen molar-refractivity contribution < 1.29 is 0 Å². The normalized spacial score (nSPS) is 19.0. The van der Waals surface area contributed by atoms with Crippen molar-refractivity contribution in [3.8, 4) is 22.3 Å². The molecule has 1 aliphatic heterocycles. The second kappa shape index (κ2) is 12.2. The number of anilines is 3. The number of benzene rings is 6. The molecule has 266 valence electrons. The molecule has 0 N–H and O–H groups in total. The lowest BCUT2D eigenvalue weighted by molar-refractivity contribution is 0.740. The van der Waals surface area contributed by atoms with Crippen molar-refractivity contribution in [3.05, 3.63) is 209 Å². The summed E-state index contributed by atoms with van der Waals surface area (Å²) in [6.07, 6.45) is 21.7. The molecule has 6 aromatic carbocycles. The molecule has 54 heavy (non-hydrogen) atoms. The quantitative estimate of drug-likeness (QED) is 0.168. The van der Waals surface area contributed by atoms with Crippen LogP contribution in [-0.4, -0.2) is 18.8 Å². The Balaban J connectivity index is 1.14. The highest BCUT2D eigenvalue weighted by molar-refractivity contribution is 8.48. The lowest BCUT2D eigenvalue weighted by atomic mass is 9.65. The minimum absolute atomic E-state index is 0.330. The highest BCUT2D eigenvalue weighted by atomic mass is 32.3. The highest BCUT2D eigenvalue weighted by Gasteiger charge is 2.48. The van der Waals surface area contributed by atoms with E-state index in [1.54, 1.807) is 11.1 Å². The monoisotopic (exact) mass is 717 g/mol. The molecular weight excluding hydrogens is 671 g/mol. The van der Waals surface area contributed by atoms with Crippen LogP contribution in [0.4, 0.5) is 17.1 Å². The number of allylic oxidation sites excluding steroid dienone is 8. The highest BCUT2D eigenvalue weighted by Crippen LogP contribution is 2.80. The van der Waals surface area contributed by atoms with Gasteiger partial charge in [-0.3, -0.25) is 0 Å². The topological polar surface area (TPSA) is 3.24 Å². The van der Waals surface area contributed by atoms with Gasteiger partial charge >= 0.3 is 0 Å². The molecule has 0 amide bonds. The van der Waals surface area contributed by atoms with Crippen LogP contribution in [0, 0.1) is 0 Å². The lowest BCUT2D eigenvalue weighted by Gasteiger charge is -2.50. The average molecular weight is 718 g/mol. The second-order valence-electron chi connectivity index (χ2n) is 16.6. The molecule has 6 aromatic rings. The molecule has 2 heteroatoms. The smallest absolute Gasteiger partial charge is 0.0706 e. The lowest BCUT2D eigenvalue weighted by Crippen LogP contribution is -2.30. The average Bonchev–Trinajstić information content (AvgIpc) is 3.63. The Hall–Kier alpha value is -5.57. The number of nitrogens with zero attached hydrogens (tertiary/aromatic N) is 1. The Morgan fingerprint density at radius 3 is 1.61 bits per heavy atom. The molecular formula is C52H47NS. The van der Waals surface area contributed by atoms with Crippen molar-refractivity contribution >= 4 is 26.2 Å². The van der Waals surface area contributed by atoms with E-state index < -0.39 is 9.16 Å². The van der Waals surface area contributed by atoms with Crippen LogP contribution in [-0.2, 0) is 5.41 Å². The molecule has 4 aliphatic rings. The molecule has 0 saturated carbocycles. The van der Waals surface area contributed by atoms with E-state index in [1.165, 1.54) is 60.0 Å². The summed E-state index contributed by atoms with van der Waals surface area (Å²) < 4.78 is 0. The minimum atomic E-state index is -2.37. The van der Waals surface area contributed by atoms with Crippen LogP contribution in [0.1, 0.15) is 36.8 Å². The third-order valence-corrected chi connectivity index (χ3v) is 16.8. The van der Waals surface area contributed by atoms with Crippen LogP contribution in [0.3, 0.4) is 0 Å². The molecule has 0 saturated heterocycles. The van der Waals surface area contributed by atoms with Crippen LogP contribution in [0.2, 0.25) is 0 Å². The Morgan fingerprint density at radius 1 is 0.463 bits per heavy atom. The standard InChI is InChI=1S/C52H47NS/c1-54(2,3)50-25-15-12-22-46(50)47-35-34-43(36-51(47)54)53(41-30-26-38(27-31-41)37-16-6-4-7-17-37)42-32-28-40(29-33-42)52(39-18-8-5-9-19-39)48-23-13-10-20-44(48)45-21-11-14-24-49(45)52/h4-9,12-19,22-36,54H,10-11,20-21H2,1-3H3. The molecule has 0 bridgehead atoms. The van der Waals surface area contributed by atoms with Gasteiger partial charge in [-0.15, -0.1) is 0 Å². The molecule has 0 atom stereocenters. The predicted molar refractivity (Wildman–Crippen MR) is 233 cm³/mol. The van der Waals surface area contributed by atoms with Gasteiger partial charge in [0, 0.05) is 17.1 Å². The number of hydrogen-bond donors (Lipinski definition) is 1. The van der Waals surface area contributed by atoms with E-state index >= 15 is 0 Å². The molecule has 0 fully saturated rings. The van der Waals surface area contributed by atoms with Gasteiger partial charge in [-0.1, -0.05) is 140 Å². The molecule has 1 heterocycles. The van der Waals surface area contributed by atoms with Gasteiger partial charge in [0.15, 0.2) is 0 Å². The van der Waals surface area contributed by atoms with E-state index in [0.717, 1.165) is 37.1 Å². The van der Waals surface area contributed by atoms with Crippen molar-refractivity contribution in [2.24, 2.45) is 0 Å². The van der Waals surface area contributed by atoms with E-state index in [1.807, 2.05) is 0 Å². The summed E-state index contributed by atoms with van der Waals surface area (Å²) >= 11 is 0. The van der Waals surface area contributed by atoms with E-state index in [9.17, 15) is 0 Å². The molecule has 0 aromatic heterocycles. The van der Waals surface area contributed by atoms with E-state index in [-0.39, 0.29) is 5.41 Å². The zero-order valence-corrected chi connectivity index (χ0v) is 32.4. The number of fused-ring (bicyclic) bond motifs is 4. The summed E-state index contributed by atoms with van der Waals surface area (Å²) in [6.45, 7) is 0. The van der Waals surface area contributed by atoms with E-state index in [0.29, 0.717) is 0 Å². The SMILES string of the molecule is C[SH]1(C)(C)c2ccccc2-c2ccc(N(c3ccc(-c4ccccc4)cc3)c3ccc(C4(c5ccccc5)C5=C(CCC=C5)C5=C4C=CCC5)cc3)cc21. The van der Waals surface area contributed by atoms with Crippen molar-refractivity contribution in [1.29, 1.82) is 0 Å². The zero-order chi connectivity index (χ0) is 36.5. The summed E-state index contributed by atoms with van der Waals surface area (Å²) in [4.78, 5) is 5.47. The fourth-order valence-electron chi connectivity index (χ4n) is 10.1. The predicted octanol–water partition coefficient (Wildman–Crippen LogP) is 13.8. The van der Waals surface area contributed by atoms with Gasteiger partial charge in [0.1, 0.15) is 0 Å². The summed E-state index contributed by atoms with van der Waals surface area (Å²) in [5.41, 5.74) is 17.2.